The predicted octanol–water partition coefficient (Wildman–Crippen LogP) is 6.51. The minimum Gasteiger partial charge on any atom is -0.493 e. The van der Waals surface area contributed by atoms with Gasteiger partial charge in [-0.05, 0) is 87.4 Å². The van der Waals surface area contributed by atoms with Gasteiger partial charge in [-0.2, -0.15) is 13.2 Å². The Morgan fingerprint density at radius 1 is 1.02 bits per heavy atom. The molecule has 1 fully saturated rings. The van der Waals surface area contributed by atoms with E-state index >= 15 is 4.39 Å². The molecule has 1 amide bonds. The predicted molar refractivity (Wildman–Crippen MR) is 151 cm³/mol. The highest BCUT2D eigenvalue weighted by Crippen LogP contribution is 2.36. The molecule has 5 rings (SSSR count). The summed E-state index contributed by atoms with van der Waals surface area (Å²) >= 11 is 0. The standard InChI is InChI=1S/C30H29F4N5O3/c1-39-11-9-18(10-12-39)16-42-27-15-25-22(14-26(27)41-2)28(36-17-35-25)38-24-8-7-21(13-23(24)31)37-29(40)19-3-5-20(6-4-19)30(32,33)34/h3-8,13-15,17-18H,9-12,16H2,1-2H3,(H,37,40)(H,35,36,38). The Hall–Kier alpha value is -4.45. The van der Waals surface area contributed by atoms with Crippen molar-refractivity contribution in [2.75, 3.05) is 44.5 Å². The number of rotatable bonds is 8. The molecule has 1 saturated heterocycles. The zero-order chi connectivity index (χ0) is 29.9. The molecule has 2 N–H and O–H groups in total. The van der Waals surface area contributed by atoms with Crippen LogP contribution in [0, 0.1) is 11.7 Å². The Balaban J connectivity index is 1.29. The molecule has 0 bridgehead atoms. The molecule has 0 saturated carbocycles. The van der Waals surface area contributed by atoms with Crippen LogP contribution in [-0.4, -0.2) is 54.6 Å². The fourth-order valence-electron chi connectivity index (χ4n) is 4.71. The van der Waals surface area contributed by atoms with Crippen molar-refractivity contribution in [1.82, 2.24) is 14.9 Å². The lowest BCUT2D eigenvalue weighted by Gasteiger charge is -2.28. The number of amides is 1. The van der Waals surface area contributed by atoms with Crippen LogP contribution in [0.1, 0.15) is 28.8 Å². The van der Waals surface area contributed by atoms with E-state index in [1.54, 1.807) is 12.1 Å². The van der Waals surface area contributed by atoms with Crippen LogP contribution in [0.25, 0.3) is 10.9 Å². The first-order chi connectivity index (χ1) is 20.1. The lowest BCUT2D eigenvalue weighted by Crippen LogP contribution is -2.32. The second kappa shape index (κ2) is 12.2. The van der Waals surface area contributed by atoms with Crippen molar-refractivity contribution in [2.45, 2.75) is 19.0 Å². The van der Waals surface area contributed by atoms with Gasteiger partial charge in [0.15, 0.2) is 11.5 Å². The van der Waals surface area contributed by atoms with E-state index in [4.69, 9.17) is 9.47 Å². The monoisotopic (exact) mass is 583 g/mol. The van der Waals surface area contributed by atoms with Crippen molar-refractivity contribution in [3.63, 3.8) is 0 Å². The van der Waals surface area contributed by atoms with Crippen LogP contribution < -0.4 is 20.1 Å². The molecule has 1 aliphatic heterocycles. The molecule has 0 radical (unpaired) electrons. The molecular formula is C30H29F4N5O3. The molecule has 0 spiro atoms. The number of nitrogens with zero attached hydrogens (tertiary/aromatic N) is 3. The second-order valence-corrected chi connectivity index (χ2v) is 10.1. The van der Waals surface area contributed by atoms with Gasteiger partial charge in [0, 0.05) is 22.7 Å². The maximum Gasteiger partial charge on any atom is 0.416 e. The van der Waals surface area contributed by atoms with E-state index in [0.717, 1.165) is 56.3 Å². The van der Waals surface area contributed by atoms with Gasteiger partial charge < -0.3 is 25.0 Å². The fraction of sp³-hybridized carbons (Fsp3) is 0.300. The normalized spacial score (nSPS) is 14.5. The molecule has 0 atom stereocenters. The summed E-state index contributed by atoms with van der Waals surface area (Å²) in [6.07, 6.45) is -1.03. The number of hydrogen-bond donors (Lipinski definition) is 2. The average Bonchev–Trinajstić information content (AvgIpc) is 2.97. The van der Waals surface area contributed by atoms with E-state index in [-0.39, 0.29) is 16.9 Å². The van der Waals surface area contributed by atoms with Crippen LogP contribution in [0.2, 0.25) is 0 Å². The van der Waals surface area contributed by atoms with Gasteiger partial charge >= 0.3 is 6.18 Å². The van der Waals surface area contributed by atoms with Crippen LogP contribution in [0.4, 0.5) is 34.8 Å². The smallest absolute Gasteiger partial charge is 0.416 e. The van der Waals surface area contributed by atoms with Gasteiger partial charge in [-0.25, -0.2) is 14.4 Å². The first kappa shape index (κ1) is 29.1. The Morgan fingerprint density at radius 2 is 1.76 bits per heavy atom. The first-order valence-corrected chi connectivity index (χ1v) is 13.3. The highest BCUT2D eigenvalue weighted by Gasteiger charge is 2.30. The van der Waals surface area contributed by atoms with Gasteiger partial charge in [-0.1, -0.05) is 0 Å². The number of carbonyl (C=O) groups excluding carboxylic acids is 1. The van der Waals surface area contributed by atoms with Crippen molar-refractivity contribution >= 4 is 34.0 Å². The van der Waals surface area contributed by atoms with Crippen LogP contribution in [0.5, 0.6) is 11.5 Å². The Labute approximate surface area is 239 Å². The third-order valence-corrected chi connectivity index (χ3v) is 7.19. The summed E-state index contributed by atoms with van der Waals surface area (Å²) in [6.45, 7) is 2.64. The SMILES string of the molecule is COc1cc2c(Nc3ccc(NC(=O)c4ccc(C(F)(F)F)cc4)cc3F)ncnc2cc1OCC1CCN(C)CC1. The Kier molecular flexibility index (Phi) is 8.44. The average molecular weight is 584 g/mol. The van der Waals surface area contributed by atoms with Crippen LogP contribution in [0.15, 0.2) is 60.9 Å². The number of halogens is 4. The summed E-state index contributed by atoms with van der Waals surface area (Å²) in [5.74, 6) is 0.488. The largest absolute Gasteiger partial charge is 0.493 e. The van der Waals surface area contributed by atoms with Crippen molar-refractivity contribution in [1.29, 1.82) is 0 Å². The summed E-state index contributed by atoms with van der Waals surface area (Å²) in [7, 11) is 3.65. The number of fused-ring (bicyclic) bond motifs is 1. The van der Waals surface area contributed by atoms with Crippen LogP contribution in [0.3, 0.4) is 0 Å². The van der Waals surface area contributed by atoms with Gasteiger partial charge in [-0.15, -0.1) is 0 Å². The number of likely N-dealkylation sites (tertiary alicyclic amines) is 1. The minimum atomic E-state index is -4.51. The molecule has 1 aromatic heterocycles. The summed E-state index contributed by atoms with van der Waals surface area (Å²) in [5, 5.41) is 6.03. The van der Waals surface area contributed by atoms with E-state index in [0.29, 0.717) is 40.7 Å². The topological polar surface area (TPSA) is 88.6 Å². The third kappa shape index (κ3) is 6.71. The van der Waals surface area contributed by atoms with E-state index in [1.165, 1.54) is 25.6 Å². The number of methoxy groups -OCH3 is 1. The molecule has 220 valence electrons. The molecule has 42 heavy (non-hydrogen) atoms. The number of hydrogen-bond acceptors (Lipinski definition) is 7. The molecule has 8 nitrogen and oxygen atoms in total. The van der Waals surface area contributed by atoms with E-state index in [1.807, 2.05) is 0 Å². The molecule has 3 aromatic carbocycles. The summed E-state index contributed by atoms with van der Waals surface area (Å²) in [4.78, 5) is 23.4. The molecule has 0 unspecified atom stereocenters. The Morgan fingerprint density at radius 3 is 2.43 bits per heavy atom. The zero-order valence-electron chi connectivity index (χ0n) is 23.0. The highest BCUT2D eigenvalue weighted by atomic mass is 19.4. The molecular weight excluding hydrogens is 554 g/mol. The van der Waals surface area contributed by atoms with Crippen molar-refractivity contribution in [3.8, 4) is 11.5 Å². The number of carbonyl (C=O) groups is 1. The number of anilines is 3. The van der Waals surface area contributed by atoms with E-state index in [9.17, 15) is 18.0 Å². The lowest BCUT2D eigenvalue weighted by molar-refractivity contribution is -0.137. The quantitative estimate of drug-likeness (QED) is 0.229. The third-order valence-electron chi connectivity index (χ3n) is 7.19. The van der Waals surface area contributed by atoms with Gasteiger partial charge in [0.1, 0.15) is 18.0 Å². The van der Waals surface area contributed by atoms with Gasteiger partial charge in [0.05, 0.1) is 30.5 Å². The molecule has 12 heteroatoms. The fourth-order valence-corrected chi connectivity index (χ4v) is 4.71. The van der Waals surface area contributed by atoms with Crippen molar-refractivity contribution in [3.05, 3.63) is 77.9 Å². The molecule has 2 heterocycles. The maximum absolute atomic E-state index is 15.1. The van der Waals surface area contributed by atoms with Gasteiger partial charge in [0.25, 0.3) is 5.91 Å². The van der Waals surface area contributed by atoms with E-state index in [2.05, 4.69) is 32.5 Å². The zero-order valence-corrected chi connectivity index (χ0v) is 23.0. The van der Waals surface area contributed by atoms with Crippen molar-refractivity contribution < 1.29 is 31.8 Å². The summed E-state index contributed by atoms with van der Waals surface area (Å²) < 4.78 is 65.1. The number of alkyl halides is 3. The number of ether oxygens (including phenoxy) is 2. The number of aromatic nitrogens is 2. The van der Waals surface area contributed by atoms with Gasteiger partial charge in [-0.3, -0.25) is 4.79 Å². The number of nitrogens with one attached hydrogen (secondary N) is 2. The second-order valence-electron chi connectivity index (χ2n) is 10.1. The van der Waals surface area contributed by atoms with Crippen LogP contribution >= 0.6 is 0 Å². The maximum atomic E-state index is 15.1. The molecule has 0 aliphatic carbocycles. The molecule has 1 aliphatic rings. The summed E-state index contributed by atoms with van der Waals surface area (Å²) in [6, 6.07) is 11.2. The number of benzene rings is 3. The number of piperidine rings is 1. The van der Waals surface area contributed by atoms with Crippen LogP contribution in [-0.2, 0) is 6.18 Å². The minimum absolute atomic E-state index is 0.00158. The Bertz CT molecular complexity index is 1570. The van der Waals surface area contributed by atoms with E-state index < -0.39 is 23.5 Å². The summed E-state index contributed by atoms with van der Waals surface area (Å²) in [5.41, 5.74) is -0.0753. The highest BCUT2D eigenvalue weighted by molar-refractivity contribution is 6.04. The van der Waals surface area contributed by atoms with Gasteiger partial charge in [0.2, 0.25) is 0 Å². The first-order valence-electron chi connectivity index (χ1n) is 13.3. The lowest BCUT2D eigenvalue weighted by atomic mass is 9.98. The van der Waals surface area contributed by atoms with Crippen molar-refractivity contribution in [2.24, 2.45) is 5.92 Å². The molecule has 4 aromatic rings.